The van der Waals surface area contributed by atoms with Crippen LogP contribution in [0.4, 0.5) is 5.69 Å². The second kappa shape index (κ2) is 6.48. The number of hydrogen-bond donors (Lipinski definition) is 3. The largest absolute Gasteiger partial charge is 0.480 e. The number of halogens is 1. The zero-order valence-electron chi connectivity index (χ0n) is 8.72. The van der Waals surface area contributed by atoms with Crippen molar-refractivity contribution in [2.75, 3.05) is 5.73 Å². The summed E-state index contributed by atoms with van der Waals surface area (Å²) in [7, 11) is 5.31. The number of nitrogen functional groups attached to an aromatic ring is 1. The summed E-state index contributed by atoms with van der Waals surface area (Å²) in [5.41, 5.74) is 6.28. The molecule has 4 N–H and O–H groups in total. The molecule has 0 fully saturated rings. The van der Waals surface area contributed by atoms with Gasteiger partial charge in [0.25, 0.3) is 0 Å². The first-order valence-corrected chi connectivity index (χ1v) is 6.34. The number of nitrogens with two attached hydrogens (primary N) is 1. The summed E-state index contributed by atoms with van der Waals surface area (Å²) >= 11 is 0.637. The van der Waals surface area contributed by atoms with Crippen molar-refractivity contribution in [1.82, 2.24) is 4.72 Å². The van der Waals surface area contributed by atoms with E-state index in [2.05, 4.69) is 4.72 Å². The van der Waals surface area contributed by atoms with E-state index in [-0.39, 0.29) is 12.2 Å². The molecule has 0 aliphatic rings. The highest BCUT2D eigenvalue weighted by molar-refractivity contribution is 8.19. The van der Waals surface area contributed by atoms with Gasteiger partial charge in [-0.3, -0.25) is 9.59 Å². The summed E-state index contributed by atoms with van der Waals surface area (Å²) in [6.07, 6.45) is -0.205. The predicted molar refractivity (Wildman–Crippen MR) is 67.8 cm³/mol. The van der Waals surface area contributed by atoms with Crippen LogP contribution < -0.4 is 10.5 Å². The average molecular weight is 275 g/mol. The number of benzene rings is 1. The van der Waals surface area contributed by atoms with Crippen molar-refractivity contribution in [1.29, 1.82) is 0 Å². The standard InChI is InChI=1S/C10H11ClN2O3S/c11-17-13-8(10(15)16)5-9(14)6-3-1-2-4-7(6)12/h1-4,8,13H,5,12H2,(H,15,16)/t8-/m0/s1. The zero-order chi connectivity index (χ0) is 12.8. The van der Waals surface area contributed by atoms with Crippen LogP contribution in [-0.2, 0) is 4.79 Å². The summed E-state index contributed by atoms with van der Waals surface area (Å²) < 4.78 is 2.42. The van der Waals surface area contributed by atoms with Crippen LogP contribution in [0.1, 0.15) is 16.8 Å². The fourth-order valence-corrected chi connectivity index (χ4v) is 1.89. The normalized spacial score (nSPS) is 12.1. The molecular weight excluding hydrogens is 264 g/mol. The first kappa shape index (κ1) is 13.8. The summed E-state index contributed by atoms with van der Waals surface area (Å²) in [5.74, 6) is -1.48. The molecule has 1 atom stereocenters. The number of anilines is 1. The van der Waals surface area contributed by atoms with Crippen LogP contribution in [0.15, 0.2) is 24.3 Å². The van der Waals surface area contributed by atoms with Crippen LogP contribution in [0.2, 0.25) is 0 Å². The Morgan fingerprint density at radius 3 is 2.65 bits per heavy atom. The lowest BCUT2D eigenvalue weighted by Gasteiger charge is -2.11. The van der Waals surface area contributed by atoms with Crippen LogP contribution in [0.5, 0.6) is 0 Å². The average Bonchev–Trinajstić information content (AvgIpc) is 2.28. The van der Waals surface area contributed by atoms with E-state index in [1.165, 1.54) is 0 Å². The summed E-state index contributed by atoms with van der Waals surface area (Å²) in [4.78, 5) is 22.6. The molecule has 92 valence electrons. The van der Waals surface area contributed by atoms with Crippen LogP contribution in [0.25, 0.3) is 0 Å². The number of hydrogen-bond acceptors (Lipinski definition) is 5. The minimum Gasteiger partial charge on any atom is -0.480 e. The van der Waals surface area contributed by atoms with Crippen LogP contribution in [0.3, 0.4) is 0 Å². The lowest BCUT2D eigenvalue weighted by Crippen LogP contribution is -2.34. The van der Waals surface area contributed by atoms with E-state index in [1.54, 1.807) is 24.3 Å². The molecule has 5 nitrogen and oxygen atoms in total. The molecule has 0 aliphatic heterocycles. The van der Waals surface area contributed by atoms with E-state index in [1.807, 2.05) is 0 Å². The first-order valence-electron chi connectivity index (χ1n) is 4.70. The fraction of sp³-hybridized carbons (Fsp3) is 0.200. The maximum atomic E-state index is 11.8. The van der Waals surface area contributed by atoms with E-state index in [4.69, 9.17) is 21.5 Å². The minimum atomic E-state index is -1.14. The van der Waals surface area contributed by atoms with Gasteiger partial charge in [-0.1, -0.05) is 12.1 Å². The Kier molecular flexibility index (Phi) is 5.27. The van der Waals surface area contributed by atoms with Crippen LogP contribution in [-0.4, -0.2) is 22.9 Å². The number of ketones is 1. The second-order valence-corrected chi connectivity index (χ2v) is 4.15. The molecule has 0 radical (unpaired) electrons. The van der Waals surface area contributed by atoms with Crippen molar-refractivity contribution in [2.45, 2.75) is 12.5 Å². The molecular formula is C10H11ClN2O3S. The lowest BCUT2D eigenvalue weighted by atomic mass is 10.0. The van der Waals surface area contributed by atoms with Gasteiger partial charge in [0.1, 0.15) is 6.04 Å². The Balaban J connectivity index is 2.77. The molecule has 0 heterocycles. The fourth-order valence-electron chi connectivity index (χ4n) is 1.28. The molecule has 1 aromatic carbocycles. The Hall–Kier alpha value is -1.24. The van der Waals surface area contributed by atoms with Gasteiger partial charge in [-0.15, -0.1) is 0 Å². The Bertz CT molecular complexity index is 428. The van der Waals surface area contributed by atoms with Gasteiger partial charge in [0.15, 0.2) is 5.78 Å². The van der Waals surface area contributed by atoms with Crippen molar-refractivity contribution in [3.63, 3.8) is 0 Å². The third kappa shape index (κ3) is 3.92. The van der Waals surface area contributed by atoms with Crippen molar-refractivity contribution >= 4 is 39.3 Å². The van der Waals surface area contributed by atoms with Gasteiger partial charge in [-0.05, 0) is 22.8 Å². The second-order valence-electron chi connectivity index (χ2n) is 3.30. The van der Waals surface area contributed by atoms with Crippen LogP contribution >= 0.6 is 21.8 Å². The van der Waals surface area contributed by atoms with Gasteiger partial charge in [0, 0.05) is 28.8 Å². The third-order valence-electron chi connectivity index (χ3n) is 2.14. The van der Waals surface area contributed by atoms with Gasteiger partial charge >= 0.3 is 5.97 Å². The zero-order valence-corrected chi connectivity index (χ0v) is 10.3. The summed E-state index contributed by atoms with van der Waals surface area (Å²) in [5, 5.41) is 8.85. The molecule has 0 saturated heterocycles. The van der Waals surface area contributed by atoms with Crippen molar-refractivity contribution < 1.29 is 14.7 Å². The maximum Gasteiger partial charge on any atom is 0.322 e. The molecule has 0 spiro atoms. The van der Waals surface area contributed by atoms with Gasteiger partial charge in [0.05, 0.1) is 0 Å². The summed E-state index contributed by atoms with van der Waals surface area (Å²) in [6, 6.07) is 5.48. The lowest BCUT2D eigenvalue weighted by molar-refractivity contribution is -0.138. The maximum absolute atomic E-state index is 11.8. The van der Waals surface area contributed by atoms with Crippen molar-refractivity contribution in [2.24, 2.45) is 0 Å². The number of rotatable bonds is 6. The van der Waals surface area contributed by atoms with Gasteiger partial charge in [0.2, 0.25) is 0 Å². The number of carboxylic acids is 1. The predicted octanol–water partition coefficient (Wildman–Crippen LogP) is 1.69. The van der Waals surface area contributed by atoms with Crippen molar-refractivity contribution in [3.8, 4) is 0 Å². The number of carbonyl (C=O) groups is 2. The quantitative estimate of drug-likeness (QED) is 0.415. The van der Waals surface area contributed by atoms with E-state index in [0.29, 0.717) is 22.4 Å². The monoisotopic (exact) mass is 274 g/mol. The third-order valence-corrected chi connectivity index (χ3v) is 2.78. The van der Waals surface area contributed by atoms with E-state index in [0.717, 1.165) is 0 Å². The molecule has 17 heavy (non-hydrogen) atoms. The molecule has 0 unspecified atom stereocenters. The Morgan fingerprint density at radius 1 is 1.47 bits per heavy atom. The number of para-hydroxylation sites is 1. The molecule has 1 rings (SSSR count). The van der Waals surface area contributed by atoms with E-state index < -0.39 is 12.0 Å². The number of carboxylic acid groups (broad SMARTS) is 1. The highest BCUT2D eigenvalue weighted by Crippen LogP contribution is 2.15. The SMILES string of the molecule is Nc1ccccc1C(=O)C[C@H](NSCl)C(=O)O. The van der Waals surface area contributed by atoms with Crippen molar-refractivity contribution in [3.05, 3.63) is 29.8 Å². The number of Topliss-reactive ketones (excluding diaryl/α,β-unsaturated/α-hetero) is 1. The smallest absolute Gasteiger partial charge is 0.322 e. The van der Waals surface area contributed by atoms with Crippen LogP contribution in [0, 0.1) is 0 Å². The van der Waals surface area contributed by atoms with E-state index in [9.17, 15) is 9.59 Å². The Labute approximate surface area is 107 Å². The molecule has 7 heteroatoms. The molecule has 0 bridgehead atoms. The molecule has 0 amide bonds. The first-order chi connectivity index (χ1) is 8.06. The number of aliphatic carboxylic acids is 1. The van der Waals surface area contributed by atoms with Gasteiger partial charge in [-0.2, -0.15) is 0 Å². The molecule has 0 saturated carbocycles. The van der Waals surface area contributed by atoms with Gasteiger partial charge in [-0.25, -0.2) is 4.72 Å². The highest BCUT2D eigenvalue weighted by Gasteiger charge is 2.22. The van der Waals surface area contributed by atoms with E-state index >= 15 is 0 Å². The number of carbonyl (C=O) groups excluding carboxylic acids is 1. The highest BCUT2D eigenvalue weighted by atomic mass is 35.7. The molecule has 0 aliphatic carbocycles. The summed E-state index contributed by atoms with van der Waals surface area (Å²) in [6.45, 7) is 0. The Morgan fingerprint density at radius 2 is 2.12 bits per heavy atom. The number of nitrogens with one attached hydrogen (secondary N) is 1. The minimum absolute atomic E-state index is 0.205. The topological polar surface area (TPSA) is 92.4 Å². The molecule has 1 aromatic rings. The van der Waals surface area contributed by atoms with Gasteiger partial charge < -0.3 is 10.8 Å². The molecule has 0 aromatic heterocycles.